The van der Waals surface area contributed by atoms with Crippen molar-refractivity contribution in [1.29, 1.82) is 5.26 Å². The molecular formula is C18H12IN5O4. The molecule has 3 aliphatic heterocycles. The molecule has 140 valence electrons. The molecule has 0 spiro atoms. The highest BCUT2D eigenvalue weighted by Gasteiger charge is 2.63. The highest BCUT2D eigenvalue weighted by molar-refractivity contribution is 14.1. The first kappa shape index (κ1) is 17.2. The van der Waals surface area contributed by atoms with E-state index in [2.05, 4.69) is 11.2 Å². The van der Waals surface area contributed by atoms with Crippen molar-refractivity contribution >= 4 is 46.1 Å². The number of likely N-dealkylation sites (tertiary alicyclic amines) is 1. The minimum atomic E-state index is -0.702. The van der Waals surface area contributed by atoms with Crippen LogP contribution in [-0.4, -0.2) is 57.5 Å². The third kappa shape index (κ3) is 2.22. The molecule has 1 aromatic heterocycles. The molecule has 3 saturated heterocycles. The topological polar surface area (TPSA) is 111 Å². The van der Waals surface area contributed by atoms with E-state index in [-0.39, 0.29) is 35.7 Å². The molecule has 3 atom stereocenters. The van der Waals surface area contributed by atoms with Crippen molar-refractivity contribution in [2.75, 3.05) is 11.4 Å². The minimum absolute atomic E-state index is 0.120. The van der Waals surface area contributed by atoms with Crippen molar-refractivity contribution in [3.63, 3.8) is 0 Å². The molecule has 10 heteroatoms. The molecule has 5 rings (SSSR count). The van der Waals surface area contributed by atoms with E-state index < -0.39 is 6.04 Å². The third-order valence-electron chi connectivity index (χ3n) is 5.51. The minimum Gasteiger partial charge on any atom is -0.351 e. The van der Waals surface area contributed by atoms with Gasteiger partial charge in [0, 0.05) is 16.2 Å². The van der Waals surface area contributed by atoms with E-state index in [4.69, 9.17) is 9.78 Å². The number of halogens is 1. The van der Waals surface area contributed by atoms with Gasteiger partial charge in [0.25, 0.3) is 11.8 Å². The Labute approximate surface area is 172 Å². The lowest BCUT2D eigenvalue weighted by Crippen LogP contribution is -2.54. The first-order chi connectivity index (χ1) is 13.5. The number of anilines is 1. The predicted octanol–water partition coefficient (Wildman–Crippen LogP) is 1.58. The Balaban J connectivity index is 1.46. The van der Waals surface area contributed by atoms with Gasteiger partial charge in [0.05, 0.1) is 29.5 Å². The number of piperazine rings is 1. The lowest BCUT2D eigenvalue weighted by molar-refractivity contribution is -0.121. The summed E-state index contributed by atoms with van der Waals surface area (Å²) in [5.41, 5.74) is 0.910. The molecule has 28 heavy (non-hydrogen) atoms. The number of benzene rings is 1. The van der Waals surface area contributed by atoms with Gasteiger partial charge in [0.2, 0.25) is 5.76 Å². The maximum Gasteiger partial charge on any atom is 0.332 e. The summed E-state index contributed by atoms with van der Waals surface area (Å²) in [6.45, 7) is 0.360. The van der Waals surface area contributed by atoms with Crippen LogP contribution in [0, 0.1) is 14.9 Å². The van der Waals surface area contributed by atoms with Crippen LogP contribution in [0.25, 0.3) is 0 Å². The molecule has 0 N–H and O–H groups in total. The van der Waals surface area contributed by atoms with Crippen molar-refractivity contribution in [3.8, 4) is 6.07 Å². The van der Waals surface area contributed by atoms with E-state index in [1.54, 1.807) is 28.0 Å². The van der Waals surface area contributed by atoms with Gasteiger partial charge in [-0.3, -0.25) is 9.59 Å². The largest absolute Gasteiger partial charge is 0.351 e. The van der Waals surface area contributed by atoms with Crippen molar-refractivity contribution in [3.05, 3.63) is 45.4 Å². The second-order valence-corrected chi connectivity index (χ2v) is 8.04. The number of imide groups is 1. The fourth-order valence-electron chi connectivity index (χ4n) is 4.33. The normalized spacial score (nSPS) is 25.4. The number of urea groups is 1. The summed E-state index contributed by atoms with van der Waals surface area (Å²) in [6, 6.07) is 6.71. The molecule has 1 aromatic carbocycles. The average molecular weight is 489 g/mol. The van der Waals surface area contributed by atoms with Gasteiger partial charge in [-0.2, -0.15) is 5.26 Å². The van der Waals surface area contributed by atoms with Crippen LogP contribution >= 0.6 is 22.6 Å². The first-order valence-electron chi connectivity index (χ1n) is 8.59. The summed E-state index contributed by atoms with van der Waals surface area (Å²) in [7, 11) is 0. The number of hydrogen-bond donors (Lipinski definition) is 0. The van der Waals surface area contributed by atoms with Crippen LogP contribution in [0.5, 0.6) is 0 Å². The zero-order valence-electron chi connectivity index (χ0n) is 14.3. The SMILES string of the molecule is N#Cc1ccc(N2C(=O)C3C4CC(CN4C(=O)c4ccno4)N3C2=O)cc1I. The summed E-state index contributed by atoms with van der Waals surface area (Å²) in [5, 5.41) is 12.6. The first-order valence-corrected chi connectivity index (χ1v) is 9.66. The number of carbonyl (C=O) groups excluding carboxylic acids is 3. The number of nitrogens with zero attached hydrogens (tertiary/aromatic N) is 5. The monoisotopic (exact) mass is 489 g/mol. The zero-order chi connectivity index (χ0) is 19.6. The lowest BCUT2D eigenvalue weighted by Gasteiger charge is -2.34. The summed E-state index contributed by atoms with van der Waals surface area (Å²) in [6.07, 6.45) is 1.97. The van der Waals surface area contributed by atoms with Crippen LogP contribution in [-0.2, 0) is 4.79 Å². The van der Waals surface area contributed by atoms with E-state index in [1.165, 1.54) is 12.3 Å². The van der Waals surface area contributed by atoms with Crippen molar-refractivity contribution in [2.45, 2.75) is 24.5 Å². The molecule has 0 aliphatic carbocycles. The van der Waals surface area contributed by atoms with Gasteiger partial charge in [-0.15, -0.1) is 0 Å². The lowest BCUT2D eigenvalue weighted by atomic mass is 10.1. The Kier molecular flexibility index (Phi) is 3.70. The molecule has 0 saturated carbocycles. The highest BCUT2D eigenvalue weighted by Crippen LogP contribution is 2.43. The molecule has 9 nitrogen and oxygen atoms in total. The Morgan fingerprint density at radius 1 is 1.32 bits per heavy atom. The van der Waals surface area contributed by atoms with Crippen LogP contribution in [0.4, 0.5) is 10.5 Å². The van der Waals surface area contributed by atoms with E-state index >= 15 is 0 Å². The van der Waals surface area contributed by atoms with Crippen LogP contribution in [0.3, 0.4) is 0 Å². The number of amides is 4. The second kappa shape index (κ2) is 6.03. The molecule has 3 unspecified atom stereocenters. The van der Waals surface area contributed by atoms with Crippen molar-refractivity contribution < 1.29 is 18.9 Å². The van der Waals surface area contributed by atoms with Gasteiger partial charge in [-0.05, 0) is 47.2 Å². The highest BCUT2D eigenvalue weighted by atomic mass is 127. The van der Waals surface area contributed by atoms with Crippen LogP contribution in [0.15, 0.2) is 35.0 Å². The van der Waals surface area contributed by atoms with Crippen LogP contribution in [0.1, 0.15) is 22.5 Å². The molecule has 2 aromatic rings. The summed E-state index contributed by atoms with van der Waals surface area (Å²) in [4.78, 5) is 43.1. The number of fused-ring (bicyclic) bond motifs is 5. The summed E-state index contributed by atoms with van der Waals surface area (Å²) < 4.78 is 5.62. The van der Waals surface area contributed by atoms with Gasteiger partial charge in [-0.25, -0.2) is 9.69 Å². The van der Waals surface area contributed by atoms with E-state index in [0.29, 0.717) is 27.8 Å². The number of aromatic nitrogens is 1. The quantitative estimate of drug-likeness (QED) is 0.468. The standard InChI is InChI=1S/C18H12IN5O4/c19-12-5-10(2-1-9(12)7-20)24-17(26)15-13-6-11(23(15)18(24)27)8-22(13)16(25)14-3-4-21-28-14/h1-5,11,13,15H,6,8H2. The Morgan fingerprint density at radius 2 is 2.14 bits per heavy atom. The van der Waals surface area contributed by atoms with E-state index in [1.807, 2.05) is 22.6 Å². The van der Waals surface area contributed by atoms with Gasteiger partial charge in [-0.1, -0.05) is 5.16 Å². The molecule has 2 bridgehead atoms. The number of nitriles is 1. The van der Waals surface area contributed by atoms with Crippen molar-refractivity contribution in [2.24, 2.45) is 0 Å². The van der Waals surface area contributed by atoms with Crippen LogP contribution in [0.2, 0.25) is 0 Å². The van der Waals surface area contributed by atoms with E-state index in [0.717, 1.165) is 4.90 Å². The maximum atomic E-state index is 13.1. The second-order valence-electron chi connectivity index (χ2n) is 6.88. The molecule has 0 radical (unpaired) electrons. The van der Waals surface area contributed by atoms with Crippen molar-refractivity contribution in [1.82, 2.24) is 15.0 Å². The number of carbonyl (C=O) groups is 3. The Bertz CT molecular complexity index is 1060. The van der Waals surface area contributed by atoms with Gasteiger partial charge in [0.15, 0.2) is 0 Å². The third-order valence-corrected chi connectivity index (χ3v) is 6.40. The summed E-state index contributed by atoms with van der Waals surface area (Å²) >= 11 is 2.00. The van der Waals surface area contributed by atoms with E-state index in [9.17, 15) is 14.4 Å². The van der Waals surface area contributed by atoms with Crippen LogP contribution < -0.4 is 4.90 Å². The Morgan fingerprint density at radius 3 is 2.82 bits per heavy atom. The van der Waals surface area contributed by atoms with Gasteiger partial charge >= 0.3 is 6.03 Å². The molecule has 4 heterocycles. The molecular weight excluding hydrogens is 477 g/mol. The molecule has 3 fully saturated rings. The zero-order valence-corrected chi connectivity index (χ0v) is 16.4. The van der Waals surface area contributed by atoms with Gasteiger partial charge < -0.3 is 14.3 Å². The molecule has 3 aliphatic rings. The number of hydrogen-bond acceptors (Lipinski definition) is 6. The number of rotatable bonds is 2. The smallest absolute Gasteiger partial charge is 0.332 e. The average Bonchev–Trinajstić information content (AvgIpc) is 3.45. The summed E-state index contributed by atoms with van der Waals surface area (Å²) in [5.74, 6) is -0.557. The van der Waals surface area contributed by atoms with Gasteiger partial charge in [0.1, 0.15) is 12.1 Å². The molecule has 4 amide bonds. The predicted molar refractivity (Wildman–Crippen MR) is 102 cm³/mol. The fraction of sp³-hybridized carbons (Fsp3) is 0.278. The fourth-order valence-corrected chi connectivity index (χ4v) is 4.95. The Hall–Kier alpha value is -2.94. The maximum absolute atomic E-state index is 13.1.